The Morgan fingerprint density at radius 1 is 0.393 bits per heavy atom. The first-order valence-corrected chi connectivity index (χ1v) is 27.8. The number of halogens is 4. The summed E-state index contributed by atoms with van der Waals surface area (Å²) in [6.07, 6.45) is 7.06. The summed E-state index contributed by atoms with van der Waals surface area (Å²) in [4.78, 5) is -0.492. The molecular formula is C36H40Cl4NaO15S5-. The van der Waals surface area contributed by atoms with Crippen LogP contribution in [-0.2, 0) is 47.6 Å². The van der Waals surface area contributed by atoms with Gasteiger partial charge in [-0.2, -0.15) is 0 Å². The van der Waals surface area contributed by atoms with Gasteiger partial charge in [0, 0.05) is 42.7 Å². The van der Waals surface area contributed by atoms with E-state index in [4.69, 9.17) is 44.5 Å². The van der Waals surface area contributed by atoms with E-state index < -0.39 is 47.6 Å². The zero-order valence-corrected chi connectivity index (χ0v) is 41.5. The van der Waals surface area contributed by atoms with Gasteiger partial charge in [-0.3, -0.25) is 0 Å². The van der Waals surface area contributed by atoms with Crippen LogP contribution in [0, 0.1) is 0 Å². The van der Waals surface area contributed by atoms with Crippen LogP contribution in [0.25, 0.3) is 0 Å². The van der Waals surface area contributed by atoms with E-state index in [1.807, 2.05) is 0 Å². The maximum Gasteiger partial charge on any atom is 1.00 e. The van der Waals surface area contributed by atoms with Crippen molar-refractivity contribution in [3.8, 4) is 23.0 Å². The summed E-state index contributed by atoms with van der Waals surface area (Å²) in [6, 6.07) is 22.6. The number of ether oxygens (including phenoxy) is 4. The summed E-state index contributed by atoms with van der Waals surface area (Å²) in [7, 11) is 1.55. The molecule has 4 aromatic rings. The Bertz CT molecular complexity index is 2030. The Hall–Kier alpha value is -1.89. The molecule has 0 fully saturated rings. The molecule has 0 aromatic heterocycles. The molecule has 0 heterocycles. The third-order valence-electron chi connectivity index (χ3n) is 7.59. The van der Waals surface area contributed by atoms with Crippen LogP contribution in [0.4, 0.5) is 0 Å². The average Bonchev–Trinajstić information content (AvgIpc) is 3.16. The minimum absolute atomic E-state index is 0. The molecule has 0 unspecified atom stereocenters. The Kier molecular flexibility index (Phi) is 27.0. The van der Waals surface area contributed by atoms with Crippen LogP contribution < -0.4 is 48.5 Å². The summed E-state index contributed by atoms with van der Waals surface area (Å²) < 4.78 is 141. The fraction of sp³-hybridized carbons (Fsp3) is 0.333. The molecule has 0 N–H and O–H groups in total. The van der Waals surface area contributed by atoms with Crippen molar-refractivity contribution >= 4 is 90.3 Å². The summed E-state index contributed by atoms with van der Waals surface area (Å²) in [5, 5.41) is 0. The van der Waals surface area contributed by atoms with E-state index in [1.54, 1.807) is 24.3 Å². The quantitative estimate of drug-likeness (QED) is 0.0430. The van der Waals surface area contributed by atoms with E-state index >= 15 is 0 Å². The minimum atomic E-state index is -4.44. The minimum Gasteiger partial charge on any atom is -0.744 e. The normalized spacial score (nSPS) is 11.5. The SMILES string of the molecule is O=S(=O)(Cl)c1ccc(OCCCCCCOc2ccc(S(=O)(=O)Cl)cc2)cc1.O=S(=O)([O-])c1ccc(OCCCCCCOc2ccc(S(=O)(=O)[O-])cc2)cc1.O=S(Cl)Cl.[Na+]. The maximum atomic E-state index is 11.2. The molecule has 25 heteroatoms. The van der Waals surface area contributed by atoms with Crippen molar-refractivity contribution in [1.82, 2.24) is 0 Å². The molecular weight excluding hydrogens is 998 g/mol. The largest absolute Gasteiger partial charge is 1.00 e. The number of rotatable bonds is 22. The molecule has 0 amide bonds. The Morgan fingerprint density at radius 3 is 0.738 bits per heavy atom. The molecule has 334 valence electrons. The van der Waals surface area contributed by atoms with Gasteiger partial charge in [-0.05, 0) is 148 Å². The van der Waals surface area contributed by atoms with Crippen molar-refractivity contribution < 1.29 is 95.5 Å². The van der Waals surface area contributed by atoms with Gasteiger partial charge in [0.05, 0.1) is 46.0 Å². The molecule has 0 spiro atoms. The molecule has 0 aliphatic rings. The topological polar surface area (TPSA) is 237 Å². The number of hydrogen-bond acceptors (Lipinski definition) is 15. The molecule has 61 heavy (non-hydrogen) atoms. The summed E-state index contributed by atoms with van der Waals surface area (Å²) in [5.74, 6) is 2.18. The van der Waals surface area contributed by atoms with Gasteiger partial charge in [-0.1, -0.05) is 0 Å². The van der Waals surface area contributed by atoms with Crippen molar-refractivity contribution in [3.63, 3.8) is 0 Å². The fourth-order valence-corrected chi connectivity index (χ4v) is 7.16. The van der Waals surface area contributed by atoms with Crippen LogP contribution in [0.3, 0.4) is 0 Å². The fourth-order valence-electron chi connectivity index (χ4n) is 4.68. The third-order valence-corrected chi connectivity index (χ3v) is 12.0. The second-order valence-electron chi connectivity index (χ2n) is 12.1. The molecule has 0 aliphatic heterocycles. The van der Waals surface area contributed by atoms with E-state index in [1.165, 1.54) is 72.8 Å². The Morgan fingerprint density at radius 2 is 0.574 bits per heavy atom. The molecule has 0 radical (unpaired) electrons. The molecule has 4 rings (SSSR count). The second kappa shape index (κ2) is 28.8. The first-order valence-electron chi connectivity index (χ1n) is 17.5. The zero-order chi connectivity index (χ0) is 44.8. The van der Waals surface area contributed by atoms with E-state index in [9.17, 15) is 42.8 Å². The van der Waals surface area contributed by atoms with Crippen molar-refractivity contribution in [2.24, 2.45) is 0 Å². The molecule has 15 nitrogen and oxygen atoms in total. The number of unbranched alkanes of at least 4 members (excludes halogenated alkanes) is 6. The predicted octanol–water partition coefficient (Wildman–Crippen LogP) is 5.12. The van der Waals surface area contributed by atoms with Crippen LogP contribution in [0.15, 0.2) is 117 Å². The van der Waals surface area contributed by atoms with Crippen LogP contribution in [0.5, 0.6) is 23.0 Å². The van der Waals surface area contributed by atoms with E-state index in [-0.39, 0.29) is 49.1 Å². The van der Waals surface area contributed by atoms with Gasteiger partial charge >= 0.3 is 29.6 Å². The van der Waals surface area contributed by atoms with Crippen LogP contribution in [0.1, 0.15) is 51.4 Å². The zero-order valence-electron chi connectivity index (χ0n) is 32.4. The Balaban J connectivity index is 0.000000552. The van der Waals surface area contributed by atoms with Gasteiger partial charge in [0.2, 0.25) is 9.23 Å². The van der Waals surface area contributed by atoms with Gasteiger partial charge in [-0.15, -0.1) is 0 Å². The smallest absolute Gasteiger partial charge is 0.744 e. The summed E-state index contributed by atoms with van der Waals surface area (Å²) >= 11 is 0. The molecule has 0 aliphatic carbocycles. The summed E-state index contributed by atoms with van der Waals surface area (Å²) in [6.45, 7) is 2.00. The molecule has 0 saturated heterocycles. The van der Waals surface area contributed by atoms with Crippen LogP contribution in [-0.4, -0.2) is 73.4 Å². The first kappa shape index (κ1) is 57.1. The van der Waals surface area contributed by atoms with Crippen molar-refractivity contribution in [2.45, 2.75) is 70.9 Å². The monoisotopic (exact) mass is 1030 g/mol. The standard InChI is InChI=1S/C18H20Cl2O6S2.C18H22O8S2.Cl2OS.Na/c19-27(21,22)17-9-5-15(6-10-17)25-13-3-1-2-4-14-26-16-7-11-18(12-8-16)28(20,23)24;19-27(20,21)17-9-5-15(6-10-17)25-13-3-1-2-4-14-26-16-7-11-18(12-8-16)28(22,23)24;1-4(2)3;/h5-12H,1-4,13-14H2;5-12H,1-4,13-14H2,(H,19,20,21)(H,22,23,24);;/q;;;+1/p-2. The molecule has 0 saturated carbocycles. The molecule has 4 aromatic carbocycles. The van der Waals surface area contributed by atoms with E-state index in [2.05, 4.69) is 21.4 Å². The van der Waals surface area contributed by atoms with Crippen LogP contribution in [0.2, 0.25) is 0 Å². The second-order valence-corrected chi connectivity index (χ2v) is 22.5. The van der Waals surface area contributed by atoms with Crippen molar-refractivity contribution in [3.05, 3.63) is 97.1 Å². The third kappa shape index (κ3) is 25.9. The van der Waals surface area contributed by atoms with Gasteiger partial charge in [0.15, 0.2) is 0 Å². The van der Waals surface area contributed by atoms with Crippen molar-refractivity contribution in [2.75, 3.05) is 26.4 Å². The van der Waals surface area contributed by atoms with E-state index in [0.717, 1.165) is 51.4 Å². The van der Waals surface area contributed by atoms with Gasteiger partial charge in [0.25, 0.3) is 18.1 Å². The first-order chi connectivity index (χ1) is 28.1. The predicted molar refractivity (Wildman–Crippen MR) is 227 cm³/mol. The number of benzene rings is 4. The van der Waals surface area contributed by atoms with Crippen LogP contribution >= 0.6 is 42.7 Å². The Labute approximate surface area is 399 Å². The molecule has 0 atom stereocenters. The molecule has 0 bridgehead atoms. The van der Waals surface area contributed by atoms with Crippen molar-refractivity contribution in [1.29, 1.82) is 0 Å². The van der Waals surface area contributed by atoms with E-state index in [0.29, 0.717) is 49.4 Å². The maximum absolute atomic E-state index is 11.2. The van der Waals surface area contributed by atoms with Gasteiger partial charge in [0.1, 0.15) is 43.2 Å². The average molecular weight is 1040 g/mol. The summed E-state index contributed by atoms with van der Waals surface area (Å²) in [5.41, 5.74) is 0. The van der Waals surface area contributed by atoms with Gasteiger partial charge in [-0.25, -0.2) is 37.9 Å². The van der Waals surface area contributed by atoms with Gasteiger partial charge < -0.3 is 28.1 Å². The number of hydrogen-bond donors (Lipinski definition) is 0.